The SMILES string of the molecule is CCN1CCN(C(=O)Cn2cccnc2=O)[C@@H](Cc2cccc(-c3cccs3)c2)C1=O. The van der Waals surface area contributed by atoms with Gasteiger partial charge in [-0.3, -0.25) is 14.2 Å². The van der Waals surface area contributed by atoms with E-state index >= 15 is 0 Å². The molecule has 0 N–H and O–H groups in total. The quantitative estimate of drug-likeness (QED) is 0.594. The largest absolute Gasteiger partial charge is 0.347 e. The van der Waals surface area contributed by atoms with Gasteiger partial charge in [0.15, 0.2) is 0 Å². The zero-order chi connectivity index (χ0) is 21.8. The Morgan fingerprint density at radius 2 is 2.03 bits per heavy atom. The van der Waals surface area contributed by atoms with E-state index in [4.69, 9.17) is 0 Å². The van der Waals surface area contributed by atoms with Gasteiger partial charge in [0.2, 0.25) is 11.8 Å². The Bertz CT molecular complexity index is 1130. The standard InChI is InChI=1S/C23H24N4O3S/c1-2-25-11-12-27(21(28)16-26-10-5-9-24-23(26)30)19(22(25)29)15-17-6-3-7-18(14-17)20-8-4-13-31-20/h3-10,13-14,19H,2,11-12,15-16H2,1H3/t19-/m0/s1. The van der Waals surface area contributed by atoms with E-state index in [1.54, 1.807) is 27.2 Å². The molecule has 2 aromatic heterocycles. The maximum absolute atomic E-state index is 13.2. The van der Waals surface area contributed by atoms with Gasteiger partial charge in [0.1, 0.15) is 12.6 Å². The number of benzene rings is 1. The lowest BCUT2D eigenvalue weighted by Crippen LogP contribution is -2.60. The third-order valence-corrected chi connectivity index (χ3v) is 6.45. The Morgan fingerprint density at radius 3 is 2.77 bits per heavy atom. The van der Waals surface area contributed by atoms with Crippen LogP contribution in [-0.2, 0) is 22.6 Å². The molecular weight excluding hydrogens is 412 g/mol. The lowest BCUT2D eigenvalue weighted by atomic mass is 9.99. The van der Waals surface area contributed by atoms with Gasteiger partial charge in [-0.1, -0.05) is 30.3 Å². The van der Waals surface area contributed by atoms with E-state index in [0.717, 1.165) is 16.0 Å². The number of carbonyl (C=O) groups excluding carboxylic acids is 2. The van der Waals surface area contributed by atoms with Gasteiger partial charge in [0.05, 0.1) is 0 Å². The van der Waals surface area contributed by atoms with E-state index in [0.29, 0.717) is 26.1 Å². The molecule has 1 aliphatic heterocycles. The van der Waals surface area contributed by atoms with Crippen molar-refractivity contribution in [3.63, 3.8) is 0 Å². The summed E-state index contributed by atoms with van der Waals surface area (Å²) >= 11 is 1.67. The third kappa shape index (κ3) is 4.59. The smallest absolute Gasteiger partial charge is 0.339 e. The number of aromatic nitrogens is 2. The first-order valence-electron chi connectivity index (χ1n) is 10.3. The van der Waals surface area contributed by atoms with Crippen LogP contribution in [0, 0.1) is 0 Å². The molecule has 160 valence electrons. The van der Waals surface area contributed by atoms with Crippen molar-refractivity contribution in [2.75, 3.05) is 19.6 Å². The second kappa shape index (κ2) is 9.26. The van der Waals surface area contributed by atoms with Crippen molar-refractivity contribution < 1.29 is 9.59 Å². The van der Waals surface area contributed by atoms with E-state index in [-0.39, 0.29) is 18.4 Å². The molecule has 0 bridgehead atoms. The van der Waals surface area contributed by atoms with Crippen molar-refractivity contribution in [3.05, 3.63) is 76.3 Å². The Kier molecular flexibility index (Phi) is 6.27. The number of hydrogen-bond acceptors (Lipinski definition) is 5. The Hall–Kier alpha value is -3.26. The van der Waals surface area contributed by atoms with Gasteiger partial charge in [0.25, 0.3) is 0 Å². The van der Waals surface area contributed by atoms with Gasteiger partial charge in [0, 0.05) is 43.3 Å². The highest BCUT2D eigenvalue weighted by Crippen LogP contribution is 2.26. The molecular formula is C23H24N4O3S. The number of amides is 2. The van der Waals surface area contributed by atoms with E-state index in [1.165, 1.54) is 17.0 Å². The predicted molar refractivity (Wildman–Crippen MR) is 120 cm³/mol. The molecule has 3 heterocycles. The minimum absolute atomic E-state index is 0.0536. The summed E-state index contributed by atoms with van der Waals surface area (Å²) in [6, 6.07) is 13.2. The molecule has 1 aromatic carbocycles. The zero-order valence-electron chi connectivity index (χ0n) is 17.3. The van der Waals surface area contributed by atoms with Gasteiger partial charge in [-0.25, -0.2) is 9.78 Å². The molecule has 8 heteroatoms. The highest BCUT2D eigenvalue weighted by Gasteiger charge is 2.36. The van der Waals surface area contributed by atoms with Crippen molar-refractivity contribution >= 4 is 23.2 Å². The molecule has 3 aromatic rings. The maximum atomic E-state index is 13.2. The van der Waals surface area contributed by atoms with E-state index in [9.17, 15) is 14.4 Å². The molecule has 2 amide bonds. The zero-order valence-corrected chi connectivity index (χ0v) is 18.1. The predicted octanol–water partition coefficient (Wildman–Crippen LogP) is 2.27. The number of hydrogen-bond donors (Lipinski definition) is 0. The lowest BCUT2D eigenvalue weighted by Gasteiger charge is -2.40. The van der Waals surface area contributed by atoms with Gasteiger partial charge < -0.3 is 9.80 Å². The van der Waals surface area contributed by atoms with Crippen LogP contribution in [0.15, 0.2) is 65.0 Å². The minimum Gasteiger partial charge on any atom is -0.339 e. The van der Waals surface area contributed by atoms with Crippen LogP contribution in [0.25, 0.3) is 10.4 Å². The van der Waals surface area contributed by atoms with Crippen LogP contribution in [0.2, 0.25) is 0 Å². The molecule has 0 saturated carbocycles. The molecule has 31 heavy (non-hydrogen) atoms. The summed E-state index contributed by atoms with van der Waals surface area (Å²) in [6.45, 7) is 3.36. The first kappa shape index (κ1) is 21.0. The Balaban J connectivity index is 1.59. The van der Waals surface area contributed by atoms with Crippen LogP contribution in [0.1, 0.15) is 12.5 Å². The summed E-state index contributed by atoms with van der Waals surface area (Å²) in [5.74, 6) is -0.305. The van der Waals surface area contributed by atoms with Crippen LogP contribution < -0.4 is 5.69 Å². The van der Waals surface area contributed by atoms with Crippen LogP contribution in [0.3, 0.4) is 0 Å². The lowest BCUT2D eigenvalue weighted by molar-refractivity contribution is -0.151. The summed E-state index contributed by atoms with van der Waals surface area (Å²) in [5, 5.41) is 2.03. The van der Waals surface area contributed by atoms with Crippen LogP contribution >= 0.6 is 11.3 Å². The average molecular weight is 437 g/mol. The summed E-state index contributed by atoms with van der Waals surface area (Å²) in [4.78, 5) is 46.4. The van der Waals surface area contributed by atoms with Crippen molar-refractivity contribution in [2.24, 2.45) is 0 Å². The second-order valence-corrected chi connectivity index (χ2v) is 8.38. The highest BCUT2D eigenvalue weighted by molar-refractivity contribution is 7.13. The first-order chi connectivity index (χ1) is 15.1. The minimum atomic E-state index is -0.591. The monoisotopic (exact) mass is 436 g/mol. The Labute approximate surface area is 184 Å². The fraction of sp³-hybridized carbons (Fsp3) is 0.304. The molecule has 1 saturated heterocycles. The number of carbonyl (C=O) groups is 2. The Morgan fingerprint density at radius 1 is 1.16 bits per heavy atom. The molecule has 0 radical (unpaired) electrons. The number of thiophene rings is 1. The molecule has 0 aliphatic carbocycles. The molecule has 1 aliphatic rings. The molecule has 4 rings (SSSR count). The van der Waals surface area contributed by atoms with Crippen molar-refractivity contribution in [1.82, 2.24) is 19.4 Å². The van der Waals surface area contributed by atoms with E-state index in [1.807, 2.05) is 36.6 Å². The number of piperazine rings is 1. The molecule has 0 unspecified atom stereocenters. The fourth-order valence-electron chi connectivity index (χ4n) is 3.91. The number of likely N-dealkylation sites (N-methyl/N-ethyl adjacent to an activating group) is 1. The first-order valence-corrected chi connectivity index (χ1v) is 11.2. The summed E-state index contributed by atoms with van der Waals surface area (Å²) in [5.41, 5.74) is 1.62. The number of nitrogens with zero attached hydrogens (tertiary/aromatic N) is 4. The maximum Gasteiger partial charge on any atom is 0.347 e. The molecule has 7 nitrogen and oxygen atoms in total. The van der Waals surface area contributed by atoms with Gasteiger partial charge in [-0.2, -0.15) is 0 Å². The van der Waals surface area contributed by atoms with E-state index < -0.39 is 11.7 Å². The molecule has 1 fully saturated rings. The van der Waals surface area contributed by atoms with Crippen molar-refractivity contribution in [3.8, 4) is 10.4 Å². The van der Waals surface area contributed by atoms with Crippen LogP contribution in [0.5, 0.6) is 0 Å². The van der Waals surface area contributed by atoms with Crippen LogP contribution in [-0.4, -0.2) is 56.8 Å². The third-order valence-electron chi connectivity index (χ3n) is 5.54. The van der Waals surface area contributed by atoms with Gasteiger partial charge in [-0.05, 0) is 35.6 Å². The molecule has 1 atom stereocenters. The molecule has 0 spiro atoms. The van der Waals surface area contributed by atoms with Crippen molar-refractivity contribution in [2.45, 2.75) is 25.9 Å². The fourth-order valence-corrected chi connectivity index (χ4v) is 4.63. The van der Waals surface area contributed by atoms with Gasteiger partial charge in [-0.15, -0.1) is 11.3 Å². The van der Waals surface area contributed by atoms with E-state index in [2.05, 4.69) is 17.1 Å². The topological polar surface area (TPSA) is 75.5 Å². The highest BCUT2D eigenvalue weighted by atomic mass is 32.1. The summed E-state index contributed by atoms with van der Waals surface area (Å²) < 4.78 is 1.27. The second-order valence-electron chi connectivity index (χ2n) is 7.43. The summed E-state index contributed by atoms with van der Waals surface area (Å²) in [6.07, 6.45) is 3.37. The van der Waals surface area contributed by atoms with Crippen molar-refractivity contribution in [1.29, 1.82) is 0 Å². The normalized spacial score (nSPS) is 16.5. The van der Waals surface area contributed by atoms with Crippen LogP contribution in [0.4, 0.5) is 0 Å². The average Bonchev–Trinajstić information content (AvgIpc) is 3.32. The summed E-state index contributed by atoms with van der Waals surface area (Å²) in [7, 11) is 0. The van der Waals surface area contributed by atoms with Gasteiger partial charge >= 0.3 is 5.69 Å². The number of rotatable bonds is 6.